The van der Waals surface area contributed by atoms with Crippen molar-refractivity contribution < 1.29 is 33.0 Å². The number of nitrogens with one attached hydrogen (secondary N) is 2. The molecule has 0 aliphatic heterocycles. The number of esters is 1. The number of aromatic nitrogens is 2. The van der Waals surface area contributed by atoms with Crippen LogP contribution in [0.5, 0.6) is 11.5 Å². The molecular formula is C28H33FN4O6. The molecular weight excluding hydrogens is 507 g/mol. The number of hydrogen-bond donors (Lipinski definition) is 2. The third kappa shape index (κ3) is 7.56. The standard InChI is InChI=1S/C28H33FN4O6/c1-17(2)13-19(14-25(34)30-16-26(35)39-5)31-28(36)21-15-22(27-23(37-3)7-6-8-24(27)38-4)33(32-21)20-11-9-18(29)10-12-20/h6-12,15,17,19H,13-14,16H2,1-5H3,(H,30,34)(H,31,36)/t19-/m0/s1. The Balaban J connectivity index is 1.98. The molecule has 3 rings (SSSR count). The average Bonchev–Trinajstić information content (AvgIpc) is 3.36. The summed E-state index contributed by atoms with van der Waals surface area (Å²) in [5.41, 5.74) is 1.63. The van der Waals surface area contributed by atoms with Gasteiger partial charge in [0.1, 0.15) is 23.9 Å². The second kappa shape index (κ2) is 13.4. The zero-order chi connectivity index (χ0) is 28.5. The van der Waals surface area contributed by atoms with E-state index >= 15 is 0 Å². The van der Waals surface area contributed by atoms with E-state index in [9.17, 15) is 18.8 Å². The first-order valence-corrected chi connectivity index (χ1v) is 12.4. The predicted molar refractivity (Wildman–Crippen MR) is 142 cm³/mol. The number of rotatable bonds is 12. The third-order valence-corrected chi connectivity index (χ3v) is 5.88. The van der Waals surface area contributed by atoms with Crippen LogP contribution < -0.4 is 20.1 Å². The van der Waals surface area contributed by atoms with Gasteiger partial charge >= 0.3 is 5.97 Å². The number of carbonyl (C=O) groups is 3. The van der Waals surface area contributed by atoms with Crippen molar-refractivity contribution in [2.45, 2.75) is 32.7 Å². The number of ether oxygens (including phenoxy) is 3. The van der Waals surface area contributed by atoms with Gasteiger partial charge in [0, 0.05) is 12.5 Å². The summed E-state index contributed by atoms with van der Waals surface area (Å²) in [5, 5.41) is 9.91. The summed E-state index contributed by atoms with van der Waals surface area (Å²) in [6.07, 6.45) is 0.482. The first-order valence-electron chi connectivity index (χ1n) is 12.4. The van der Waals surface area contributed by atoms with E-state index in [0.29, 0.717) is 34.9 Å². The second-order valence-electron chi connectivity index (χ2n) is 9.20. The van der Waals surface area contributed by atoms with E-state index in [1.54, 1.807) is 36.4 Å². The van der Waals surface area contributed by atoms with Crippen LogP contribution in [0.2, 0.25) is 0 Å². The number of hydrogen-bond acceptors (Lipinski definition) is 7. The van der Waals surface area contributed by atoms with Crippen molar-refractivity contribution in [1.29, 1.82) is 0 Å². The van der Waals surface area contributed by atoms with E-state index in [2.05, 4.69) is 20.5 Å². The molecule has 0 spiro atoms. The molecule has 0 aliphatic carbocycles. The molecule has 3 aromatic rings. The minimum absolute atomic E-state index is 0.0349. The van der Waals surface area contributed by atoms with Gasteiger partial charge in [-0.05, 0) is 54.8 Å². The molecule has 2 aromatic carbocycles. The van der Waals surface area contributed by atoms with Crippen molar-refractivity contribution in [3.05, 3.63) is 60.0 Å². The fourth-order valence-corrected chi connectivity index (χ4v) is 4.11. The number of halogens is 1. The van der Waals surface area contributed by atoms with Crippen LogP contribution in [0.15, 0.2) is 48.5 Å². The minimum Gasteiger partial charge on any atom is -0.496 e. The van der Waals surface area contributed by atoms with E-state index in [-0.39, 0.29) is 24.6 Å². The summed E-state index contributed by atoms with van der Waals surface area (Å²) in [7, 11) is 4.27. The average molecular weight is 541 g/mol. The molecule has 0 unspecified atom stereocenters. The van der Waals surface area contributed by atoms with Crippen LogP contribution in [0, 0.1) is 11.7 Å². The van der Waals surface area contributed by atoms with Crippen LogP contribution in [0.3, 0.4) is 0 Å². The highest BCUT2D eigenvalue weighted by atomic mass is 19.1. The summed E-state index contributed by atoms with van der Waals surface area (Å²) in [6.45, 7) is 3.69. The molecule has 208 valence electrons. The summed E-state index contributed by atoms with van der Waals surface area (Å²) in [5.74, 6) is -0.733. The molecule has 2 N–H and O–H groups in total. The Bertz CT molecular complexity index is 1280. The maximum absolute atomic E-state index is 13.7. The summed E-state index contributed by atoms with van der Waals surface area (Å²) >= 11 is 0. The van der Waals surface area contributed by atoms with Crippen LogP contribution >= 0.6 is 0 Å². The fourth-order valence-electron chi connectivity index (χ4n) is 4.11. The van der Waals surface area contributed by atoms with Crippen LogP contribution in [0.25, 0.3) is 16.9 Å². The molecule has 1 heterocycles. The smallest absolute Gasteiger partial charge is 0.325 e. The van der Waals surface area contributed by atoms with Gasteiger partial charge in [-0.15, -0.1) is 0 Å². The molecule has 1 aromatic heterocycles. The van der Waals surface area contributed by atoms with Crippen molar-refractivity contribution in [1.82, 2.24) is 20.4 Å². The number of methoxy groups -OCH3 is 3. The highest BCUT2D eigenvalue weighted by Gasteiger charge is 2.25. The van der Waals surface area contributed by atoms with Crippen molar-refractivity contribution in [3.8, 4) is 28.4 Å². The Hall–Kier alpha value is -4.41. The van der Waals surface area contributed by atoms with E-state index in [4.69, 9.17) is 9.47 Å². The summed E-state index contributed by atoms with van der Waals surface area (Å²) < 4.78 is 30.9. The van der Waals surface area contributed by atoms with Gasteiger partial charge in [0.25, 0.3) is 5.91 Å². The maximum Gasteiger partial charge on any atom is 0.325 e. The van der Waals surface area contributed by atoms with Crippen LogP contribution in [0.1, 0.15) is 37.2 Å². The van der Waals surface area contributed by atoms with Crippen molar-refractivity contribution in [2.24, 2.45) is 5.92 Å². The van der Waals surface area contributed by atoms with Crippen LogP contribution in [-0.2, 0) is 14.3 Å². The molecule has 0 fully saturated rings. The SMILES string of the molecule is COC(=O)CNC(=O)C[C@H](CC(C)C)NC(=O)c1cc(-c2c(OC)cccc2OC)n(-c2ccc(F)cc2)n1. The molecule has 0 aliphatic rings. The first kappa shape index (κ1) is 29.2. The Morgan fingerprint density at radius 2 is 1.64 bits per heavy atom. The van der Waals surface area contributed by atoms with Gasteiger partial charge in [-0.2, -0.15) is 5.10 Å². The predicted octanol–water partition coefficient (Wildman–Crippen LogP) is 3.52. The number of benzene rings is 2. The van der Waals surface area contributed by atoms with Gasteiger partial charge in [0.05, 0.1) is 38.3 Å². The summed E-state index contributed by atoms with van der Waals surface area (Å²) in [4.78, 5) is 37.2. The van der Waals surface area contributed by atoms with Crippen molar-refractivity contribution in [3.63, 3.8) is 0 Å². The molecule has 0 radical (unpaired) electrons. The lowest BCUT2D eigenvalue weighted by Crippen LogP contribution is -2.41. The first-order chi connectivity index (χ1) is 18.7. The van der Waals surface area contributed by atoms with Gasteiger partial charge < -0.3 is 24.8 Å². The van der Waals surface area contributed by atoms with Crippen molar-refractivity contribution in [2.75, 3.05) is 27.9 Å². The molecule has 0 saturated heterocycles. The lowest BCUT2D eigenvalue weighted by atomic mass is 10.0. The van der Waals surface area contributed by atoms with Crippen LogP contribution in [0.4, 0.5) is 4.39 Å². The molecule has 10 nitrogen and oxygen atoms in total. The normalized spacial score (nSPS) is 11.6. The number of amides is 2. The monoisotopic (exact) mass is 540 g/mol. The molecule has 11 heteroatoms. The third-order valence-electron chi connectivity index (χ3n) is 5.88. The quantitative estimate of drug-likeness (QED) is 0.337. The second-order valence-corrected chi connectivity index (χ2v) is 9.20. The molecule has 0 saturated carbocycles. The maximum atomic E-state index is 13.7. The number of carbonyl (C=O) groups excluding carboxylic acids is 3. The van der Waals surface area contributed by atoms with Crippen molar-refractivity contribution >= 4 is 17.8 Å². The Kier molecular flexibility index (Phi) is 10.0. The Morgan fingerprint density at radius 3 is 2.21 bits per heavy atom. The Labute approximate surface area is 226 Å². The van der Waals surface area contributed by atoms with Gasteiger partial charge in [0.2, 0.25) is 5.91 Å². The lowest BCUT2D eigenvalue weighted by molar-refractivity contribution is -0.141. The largest absolute Gasteiger partial charge is 0.496 e. The van der Waals surface area contributed by atoms with E-state index in [1.165, 1.54) is 38.1 Å². The lowest BCUT2D eigenvalue weighted by Gasteiger charge is -2.19. The zero-order valence-electron chi connectivity index (χ0n) is 22.6. The van der Waals surface area contributed by atoms with Crippen LogP contribution in [-0.4, -0.2) is 61.5 Å². The highest BCUT2D eigenvalue weighted by molar-refractivity contribution is 5.95. The van der Waals surface area contributed by atoms with Gasteiger partial charge in [-0.1, -0.05) is 19.9 Å². The molecule has 0 bridgehead atoms. The van der Waals surface area contributed by atoms with E-state index in [1.807, 2.05) is 13.8 Å². The highest BCUT2D eigenvalue weighted by Crippen LogP contribution is 2.39. The zero-order valence-corrected chi connectivity index (χ0v) is 22.6. The topological polar surface area (TPSA) is 121 Å². The molecule has 2 amide bonds. The molecule has 39 heavy (non-hydrogen) atoms. The van der Waals surface area contributed by atoms with Gasteiger partial charge in [-0.3, -0.25) is 14.4 Å². The minimum atomic E-state index is -0.571. The van der Waals surface area contributed by atoms with Gasteiger partial charge in [-0.25, -0.2) is 9.07 Å². The van der Waals surface area contributed by atoms with E-state index < -0.39 is 29.6 Å². The van der Waals surface area contributed by atoms with E-state index in [0.717, 1.165) is 0 Å². The van der Waals surface area contributed by atoms with Gasteiger partial charge in [0.15, 0.2) is 5.69 Å². The Morgan fingerprint density at radius 1 is 1.00 bits per heavy atom. The fraction of sp³-hybridized carbons (Fsp3) is 0.357. The molecule has 1 atom stereocenters. The number of nitrogens with zero attached hydrogens (tertiary/aromatic N) is 2. The summed E-state index contributed by atoms with van der Waals surface area (Å²) in [6, 6.07) is 12.0.